The summed E-state index contributed by atoms with van der Waals surface area (Å²) in [5, 5.41) is 8.24. The number of carbonyl (C=O) groups is 1. The van der Waals surface area contributed by atoms with Gasteiger partial charge in [-0.2, -0.15) is 5.10 Å². The van der Waals surface area contributed by atoms with Crippen molar-refractivity contribution < 1.29 is 13.9 Å². The lowest BCUT2D eigenvalue weighted by Gasteiger charge is -2.27. The number of rotatable bonds is 7. The molecule has 37 heavy (non-hydrogen) atoms. The fourth-order valence-corrected chi connectivity index (χ4v) is 4.44. The Hall–Kier alpha value is -4.50. The molecule has 1 aliphatic heterocycles. The summed E-state index contributed by atoms with van der Waals surface area (Å²) in [5.74, 6) is 1.49. The number of nitrogens with zero attached hydrogens (tertiary/aromatic N) is 5. The number of pyridine rings is 2. The molecule has 1 aliphatic rings. The van der Waals surface area contributed by atoms with E-state index in [9.17, 15) is 4.79 Å². The first-order chi connectivity index (χ1) is 18.2. The van der Waals surface area contributed by atoms with Crippen LogP contribution in [0, 0.1) is 0 Å². The van der Waals surface area contributed by atoms with Crippen molar-refractivity contribution in [3.8, 4) is 11.3 Å². The zero-order chi connectivity index (χ0) is 25.0. The third-order valence-electron chi connectivity index (χ3n) is 6.41. The van der Waals surface area contributed by atoms with Gasteiger partial charge in [-0.05, 0) is 29.8 Å². The maximum absolute atomic E-state index is 13.4. The van der Waals surface area contributed by atoms with E-state index in [1.54, 1.807) is 17.1 Å². The van der Waals surface area contributed by atoms with Crippen molar-refractivity contribution in [3.63, 3.8) is 0 Å². The highest BCUT2D eigenvalue weighted by Crippen LogP contribution is 2.25. The van der Waals surface area contributed by atoms with Gasteiger partial charge in [-0.25, -0.2) is 14.6 Å². The lowest BCUT2D eigenvalue weighted by atomic mass is 10.1. The molecule has 0 unspecified atom stereocenters. The molecular formula is C28H26N6O3. The summed E-state index contributed by atoms with van der Waals surface area (Å²) in [7, 11) is 0. The molecule has 0 radical (unpaired) electrons. The highest BCUT2D eigenvalue weighted by molar-refractivity contribution is 6.06. The maximum Gasteiger partial charge on any atom is 0.252 e. The van der Waals surface area contributed by atoms with Gasteiger partial charge < -0.3 is 19.4 Å². The monoisotopic (exact) mass is 494 g/mol. The summed E-state index contributed by atoms with van der Waals surface area (Å²) >= 11 is 0. The molecule has 5 heterocycles. The number of hydrogen-bond donors (Lipinski definition) is 1. The standard InChI is InChI=1S/C28H26N6O3/c35-28(30-17-20-8-9-26(29-16-20)33-10-13-36-14-11-33)23-15-25(21-5-2-1-3-6-21)32-27-24(23)18-31-34(27)19-22-7-4-12-37-22/h1-9,12,15-16,18H,10-11,13-14,17,19H2,(H,30,35). The fourth-order valence-electron chi connectivity index (χ4n) is 4.44. The van der Waals surface area contributed by atoms with Crippen molar-refractivity contribution in [2.24, 2.45) is 0 Å². The van der Waals surface area contributed by atoms with Crippen LogP contribution in [0.2, 0.25) is 0 Å². The molecule has 186 valence electrons. The normalized spacial score (nSPS) is 13.7. The molecule has 9 heteroatoms. The number of hydrogen-bond acceptors (Lipinski definition) is 7. The van der Waals surface area contributed by atoms with Crippen LogP contribution in [-0.2, 0) is 17.8 Å². The van der Waals surface area contributed by atoms with Crippen LogP contribution in [0.25, 0.3) is 22.3 Å². The third-order valence-corrected chi connectivity index (χ3v) is 6.41. The Balaban J connectivity index is 1.26. The first kappa shape index (κ1) is 22.9. The Morgan fingerprint density at radius 2 is 1.86 bits per heavy atom. The fraction of sp³-hybridized carbons (Fsp3) is 0.214. The van der Waals surface area contributed by atoms with Crippen LogP contribution < -0.4 is 10.2 Å². The SMILES string of the molecule is O=C(NCc1ccc(N2CCOCC2)nc1)c1cc(-c2ccccc2)nc2c1cnn2Cc1ccco1. The first-order valence-electron chi connectivity index (χ1n) is 12.2. The van der Waals surface area contributed by atoms with Gasteiger partial charge in [0.05, 0.1) is 42.3 Å². The maximum atomic E-state index is 13.4. The minimum atomic E-state index is -0.195. The summed E-state index contributed by atoms with van der Waals surface area (Å²) in [6.45, 7) is 3.87. The van der Waals surface area contributed by atoms with E-state index < -0.39 is 0 Å². The van der Waals surface area contributed by atoms with Crippen LogP contribution in [-0.4, -0.2) is 52.0 Å². The summed E-state index contributed by atoms with van der Waals surface area (Å²) < 4.78 is 12.7. The second-order valence-electron chi connectivity index (χ2n) is 8.85. The van der Waals surface area contributed by atoms with Gasteiger partial charge in [0.1, 0.15) is 18.1 Å². The van der Waals surface area contributed by atoms with E-state index in [1.165, 1.54) is 0 Å². The number of amides is 1. The number of benzene rings is 1. The van der Waals surface area contributed by atoms with E-state index in [1.807, 2.05) is 66.9 Å². The van der Waals surface area contributed by atoms with Crippen LogP contribution in [0.15, 0.2) is 83.7 Å². The van der Waals surface area contributed by atoms with Crippen molar-refractivity contribution >= 4 is 22.8 Å². The van der Waals surface area contributed by atoms with Crippen molar-refractivity contribution in [2.45, 2.75) is 13.1 Å². The van der Waals surface area contributed by atoms with E-state index >= 15 is 0 Å². The Labute approximate surface area is 213 Å². The molecule has 4 aromatic heterocycles. The number of morpholine rings is 1. The molecule has 5 aromatic rings. The highest BCUT2D eigenvalue weighted by atomic mass is 16.5. The summed E-state index contributed by atoms with van der Waals surface area (Å²) in [6, 6.07) is 19.4. The average molecular weight is 495 g/mol. The van der Waals surface area contributed by atoms with E-state index in [0.29, 0.717) is 48.6 Å². The van der Waals surface area contributed by atoms with E-state index in [2.05, 4.69) is 20.3 Å². The van der Waals surface area contributed by atoms with E-state index in [-0.39, 0.29) is 5.91 Å². The molecule has 0 bridgehead atoms. The van der Waals surface area contributed by atoms with Gasteiger partial charge in [0.25, 0.3) is 5.91 Å². The number of carbonyl (C=O) groups excluding carboxylic acids is 1. The average Bonchev–Trinajstić information content (AvgIpc) is 3.63. The Morgan fingerprint density at radius 1 is 1.00 bits per heavy atom. The predicted octanol–water partition coefficient (Wildman–Crippen LogP) is 3.90. The van der Waals surface area contributed by atoms with Crippen LogP contribution in [0.1, 0.15) is 21.7 Å². The molecule has 0 atom stereocenters. The molecule has 0 aliphatic carbocycles. The summed E-state index contributed by atoms with van der Waals surface area (Å²) in [4.78, 5) is 25.1. The van der Waals surface area contributed by atoms with Gasteiger partial charge in [0.2, 0.25) is 0 Å². The molecule has 6 rings (SSSR count). The minimum Gasteiger partial charge on any atom is -0.467 e. The van der Waals surface area contributed by atoms with Gasteiger partial charge >= 0.3 is 0 Å². The molecule has 1 amide bonds. The van der Waals surface area contributed by atoms with Crippen molar-refractivity contribution in [1.82, 2.24) is 25.1 Å². The van der Waals surface area contributed by atoms with Crippen LogP contribution in [0.4, 0.5) is 5.82 Å². The van der Waals surface area contributed by atoms with Crippen molar-refractivity contribution in [2.75, 3.05) is 31.2 Å². The van der Waals surface area contributed by atoms with Gasteiger partial charge in [-0.1, -0.05) is 36.4 Å². The van der Waals surface area contributed by atoms with Gasteiger partial charge in [-0.15, -0.1) is 0 Å². The summed E-state index contributed by atoms with van der Waals surface area (Å²) in [5.41, 5.74) is 3.70. The lowest BCUT2D eigenvalue weighted by Crippen LogP contribution is -2.36. The minimum absolute atomic E-state index is 0.195. The van der Waals surface area contributed by atoms with E-state index in [4.69, 9.17) is 14.1 Å². The largest absolute Gasteiger partial charge is 0.467 e. The number of ether oxygens (including phenoxy) is 1. The van der Waals surface area contributed by atoms with Crippen molar-refractivity contribution in [3.05, 3.63) is 96.2 Å². The Kier molecular flexibility index (Phi) is 6.35. The summed E-state index contributed by atoms with van der Waals surface area (Å²) in [6.07, 6.45) is 5.13. The second kappa shape index (κ2) is 10.2. The zero-order valence-electron chi connectivity index (χ0n) is 20.2. The molecular weight excluding hydrogens is 468 g/mol. The predicted molar refractivity (Wildman–Crippen MR) is 139 cm³/mol. The van der Waals surface area contributed by atoms with Crippen LogP contribution in [0.5, 0.6) is 0 Å². The van der Waals surface area contributed by atoms with Crippen LogP contribution >= 0.6 is 0 Å². The lowest BCUT2D eigenvalue weighted by molar-refractivity contribution is 0.0952. The number of furan rings is 1. The number of aromatic nitrogens is 4. The smallest absolute Gasteiger partial charge is 0.252 e. The number of anilines is 1. The molecule has 0 saturated carbocycles. The zero-order valence-corrected chi connectivity index (χ0v) is 20.2. The Morgan fingerprint density at radius 3 is 2.62 bits per heavy atom. The van der Waals surface area contributed by atoms with Crippen molar-refractivity contribution in [1.29, 1.82) is 0 Å². The first-order valence-corrected chi connectivity index (χ1v) is 12.2. The quantitative estimate of drug-likeness (QED) is 0.366. The van der Waals surface area contributed by atoms with Gasteiger partial charge in [0.15, 0.2) is 5.65 Å². The number of nitrogens with one attached hydrogen (secondary N) is 1. The molecule has 1 saturated heterocycles. The molecule has 9 nitrogen and oxygen atoms in total. The van der Waals surface area contributed by atoms with Gasteiger partial charge in [-0.3, -0.25) is 4.79 Å². The molecule has 1 N–H and O–H groups in total. The second-order valence-corrected chi connectivity index (χ2v) is 8.85. The molecule has 1 fully saturated rings. The molecule has 0 spiro atoms. The van der Waals surface area contributed by atoms with Crippen LogP contribution in [0.3, 0.4) is 0 Å². The molecule has 1 aromatic carbocycles. The Bertz CT molecular complexity index is 1490. The number of fused-ring (bicyclic) bond motifs is 1. The van der Waals surface area contributed by atoms with Gasteiger partial charge in [0, 0.05) is 31.4 Å². The highest BCUT2D eigenvalue weighted by Gasteiger charge is 2.18. The third kappa shape index (κ3) is 4.94. The van der Waals surface area contributed by atoms with E-state index in [0.717, 1.165) is 35.8 Å². The topological polar surface area (TPSA) is 98.3 Å².